The van der Waals surface area contributed by atoms with Gasteiger partial charge in [0.05, 0.1) is 27.1 Å². The lowest BCUT2D eigenvalue weighted by molar-refractivity contribution is -0.127. The fraction of sp³-hybridized carbons (Fsp3) is 0.414. The first-order valence-corrected chi connectivity index (χ1v) is 12.5. The van der Waals surface area contributed by atoms with E-state index in [0.717, 1.165) is 88.8 Å². The molecule has 1 aliphatic rings. The second-order valence-corrected chi connectivity index (χ2v) is 8.99. The number of hydrogen-bond acceptors (Lipinski definition) is 6. The number of hydrogen-bond donors (Lipinski definition) is 0. The number of ether oxygens (including phenoxy) is 3. The fourth-order valence-electron chi connectivity index (χ4n) is 4.81. The van der Waals surface area contributed by atoms with Gasteiger partial charge in [0, 0.05) is 59.9 Å². The van der Waals surface area contributed by atoms with Gasteiger partial charge >= 0.3 is 0 Å². The van der Waals surface area contributed by atoms with Crippen LogP contribution in [0.5, 0.6) is 17.2 Å². The van der Waals surface area contributed by atoms with Gasteiger partial charge in [-0.25, -0.2) is 0 Å². The Kier molecular flexibility index (Phi) is 7.89. The third-order valence-corrected chi connectivity index (χ3v) is 6.93. The summed E-state index contributed by atoms with van der Waals surface area (Å²) in [6.45, 7) is 12.9. The molecule has 0 saturated carbocycles. The minimum absolute atomic E-state index is 0.0327. The lowest BCUT2D eigenvalue weighted by atomic mass is 9.96. The maximum atomic E-state index is 13.1. The zero-order valence-corrected chi connectivity index (χ0v) is 22.1. The maximum absolute atomic E-state index is 13.1. The molecule has 1 aliphatic heterocycles. The summed E-state index contributed by atoms with van der Waals surface area (Å²) in [6.07, 6.45) is 3.47. The van der Waals surface area contributed by atoms with Crippen LogP contribution in [-0.2, 0) is 4.79 Å². The van der Waals surface area contributed by atoms with E-state index in [1.165, 1.54) is 0 Å². The standard InChI is InChI=1S/C29H36N2O5/c1-7-30-11-13-31(14-12-30)27(32)15-19(3)22-17-24-25(18-36-29(24)20(4)28(22)35-8-2)23-16-21(33-5)9-10-26(23)34-6/h9-10,15-18H,7-8,11-14H2,1-6H3/b19-15+. The normalized spacial score (nSPS) is 14.8. The van der Waals surface area contributed by atoms with Crippen molar-refractivity contribution in [1.29, 1.82) is 0 Å². The number of allylic oxidation sites excluding steroid dienone is 1. The van der Waals surface area contributed by atoms with Crippen LogP contribution in [0.2, 0.25) is 0 Å². The molecular formula is C29H36N2O5. The average Bonchev–Trinajstić information content (AvgIpc) is 3.33. The third-order valence-electron chi connectivity index (χ3n) is 6.93. The van der Waals surface area contributed by atoms with Crippen LogP contribution in [0.3, 0.4) is 0 Å². The van der Waals surface area contributed by atoms with Crippen LogP contribution in [0.4, 0.5) is 0 Å². The van der Waals surface area contributed by atoms with Crippen molar-refractivity contribution >= 4 is 22.4 Å². The van der Waals surface area contributed by atoms with E-state index in [-0.39, 0.29) is 5.91 Å². The van der Waals surface area contributed by atoms with E-state index < -0.39 is 0 Å². The SMILES string of the molecule is CCOc1c(/C(C)=C/C(=O)N2CCN(CC)CC2)cc2c(-c3cc(OC)ccc3OC)coc2c1C. The van der Waals surface area contributed by atoms with Crippen molar-refractivity contribution in [2.45, 2.75) is 27.7 Å². The minimum atomic E-state index is 0.0327. The Balaban J connectivity index is 1.79. The molecule has 0 unspecified atom stereocenters. The van der Waals surface area contributed by atoms with Gasteiger partial charge in [-0.05, 0) is 57.2 Å². The minimum Gasteiger partial charge on any atom is -0.497 e. The number of carbonyl (C=O) groups excluding carboxylic acids is 1. The summed E-state index contributed by atoms with van der Waals surface area (Å²) in [7, 11) is 3.29. The second kappa shape index (κ2) is 11.1. The number of aryl methyl sites for hydroxylation is 1. The van der Waals surface area contributed by atoms with E-state index in [1.54, 1.807) is 26.6 Å². The Morgan fingerprint density at radius 2 is 1.81 bits per heavy atom. The zero-order chi connectivity index (χ0) is 25.8. The lowest BCUT2D eigenvalue weighted by Gasteiger charge is -2.33. The number of carbonyl (C=O) groups is 1. The molecule has 0 radical (unpaired) electrons. The summed E-state index contributed by atoms with van der Waals surface area (Å²) in [6, 6.07) is 7.75. The number of rotatable bonds is 8. The first kappa shape index (κ1) is 25.6. The number of amides is 1. The highest BCUT2D eigenvalue weighted by Crippen LogP contribution is 2.43. The first-order chi connectivity index (χ1) is 17.4. The second-order valence-electron chi connectivity index (χ2n) is 8.99. The van der Waals surface area contributed by atoms with Crippen LogP contribution in [0.1, 0.15) is 31.9 Å². The molecule has 0 atom stereocenters. The molecule has 0 bridgehead atoms. The molecule has 4 rings (SSSR count). The molecule has 36 heavy (non-hydrogen) atoms. The molecule has 7 nitrogen and oxygen atoms in total. The highest BCUT2D eigenvalue weighted by Gasteiger charge is 2.23. The highest BCUT2D eigenvalue weighted by molar-refractivity contribution is 6.02. The molecule has 1 amide bonds. The number of furan rings is 1. The number of likely N-dealkylation sites (N-methyl/N-ethyl adjacent to an activating group) is 1. The van der Waals surface area contributed by atoms with Crippen molar-refractivity contribution in [2.75, 3.05) is 53.6 Å². The predicted molar refractivity (Wildman–Crippen MR) is 143 cm³/mol. The Morgan fingerprint density at radius 1 is 1.06 bits per heavy atom. The molecule has 0 spiro atoms. The van der Waals surface area contributed by atoms with Gasteiger partial charge in [-0.2, -0.15) is 0 Å². The van der Waals surface area contributed by atoms with Gasteiger partial charge in [-0.15, -0.1) is 0 Å². The smallest absolute Gasteiger partial charge is 0.246 e. The van der Waals surface area contributed by atoms with Crippen molar-refractivity contribution in [3.63, 3.8) is 0 Å². The number of benzene rings is 2. The molecule has 2 aromatic carbocycles. The number of nitrogens with zero attached hydrogens (tertiary/aromatic N) is 2. The molecule has 2 heterocycles. The van der Waals surface area contributed by atoms with Crippen LogP contribution in [0, 0.1) is 6.92 Å². The summed E-state index contributed by atoms with van der Waals surface area (Å²) in [4.78, 5) is 17.4. The van der Waals surface area contributed by atoms with Gasteiger partial charge < -0.3 is 28.4 Å². The van der Waals surface area contributed by atoms with E-state index in [1.807, 2.05) is 43.9 Å². The Hall–Kier alpha value is -3.45. The van der Waals surface area contributed by atoms with E-state index in [0.29, 0.717) is 6.61 Å². The number of fused-ring (bicyclic) bond motifs is 1. The van der Waals surface area contributed by atoms with Gasteiger partial charge in [0.2, 0.25) is 5.91 Å². The molecule has 1 saturated heterocycles. The molecule has 0 aliphatic carbocycles. The van der Waals surface area contributed by atoms with Crippen LogP contribution >= 0.6 is 0 Å². The van der Waals surface area contributed by atoms with Gasteiger partial charge in [0.1, 0.15) is 22.8 Å². The lowest BCUT2D eigenvalue weighted by Crippen LogP contribution is -2.48. The van der Waals surface area contributed by atoms with Crippen molar-refractivity contribution < 1.29 is 23.4 Å². The van der Waals surface area contributed by atoms with Crippen molar-refractivity contribution in [2.24, 2.45) is 0 Å². The Labute approximate surface area is 213 Å². The van der Waals surface area contributed by atoms with E-state index in [4.69, 9.17) is 18.6 Å². The molecular weight excluding hydrogens is 456 g/mol. The van der Waals surface area contributed by atoms with E-state index >= 15 is 0 Å². The van der Waals surface area contributed by atoms with Gasteiger partial charge in [-0.1, -0.05) is 6.92 Å². The quantitative estimate of drug-likeness (QED) is 0.393. The zero-order valence-electron chi connectivity index (χ0n) is 22.1. The summed E-state index contributed by atoms with van der Waals surface area (Å²) < 4.78 is 23.2. The monoisotopic (exact) mass is 492 g/mol. The van der Waals surface area contributed by atoms with Crippen LogP contribution < -0.4 is 14.2 Å². The van der Waals surface area contributed by atoms with Crippen molar-refractivity contribution in [1.82, 2.24) is 9.80 Å². The molecule has 3 aromatic rings. The molecule has 0 N–H and O–H groups in total. The molecule has 1 fully saturated rings. The fourth-order valence-corrected chi connectivity index (χ4v) is 4.81. The number of methoxy groups -OCH3 is 2. The first-order valence-electron chi connectivity index (χ1n) is 12.5. The van der Waals surface area contributed by atoms with E-state index in [2.05, 4.69) is 17.9 Å². The van der Waals surface area contributed by atoms with Gasteiger partial charge in [-0.3, -0.25) is 4.79 Å². The van der Waals surface area contributed by atoms with Crippen LogP contribution in [-0.4, -0.2) is 69.3 Å². The molecule has 192 valence electrons. The summed E-state index contributed by atoms with van der Waals surface area (Å²) in [5.41, 5.74) is 5.15. The van der Waals surface area contributed by atoms with E-state index in [9.17, 15) is 4.79 Å². The van der Waals surface area contributed by atoms with Crippen LogP contribution in [0.25, 0.3) is 27.7 Å². The Morgan fingerprint density at radius 3 is 2.44 bits per heavy atom. The van der Waals surface area contributed by atoms with Gasteiger partial charge in [0.15, 0.2) is 0 Å². The summed E-state index contributed by atoms with van der Waals surface area (Å²) >= 11 is 0. The van der Waals surface area contributed by atoms with Crippen molar-refractivity contribution in [3.8, 4) is 28.4 Å². The third kappa shape index (κ3) is 4.93. The maximum Gasteiger partial charge on any atom is 0.246 e. The van der Waals surface area contributed by atoms with Crippen molar-refractivity contribution in [3.05, 3.63) is 47.7 Å². The predicted octanol–water partition coefficient (Wildman–Crippen LogP) is 5.39. The van der Waals surface area contributed by atoms with Gasteiger partial charge in [0.25, 0.3) is 0 Å². The molecule has 7 heteroatoms. The Bertz CT molecular complexity index is 1270. The highest BCUT2D eigenvalue weighted by atomic mass is 16.5. The largest absolute Gasteiger partial charge is 0.497 e. The summed E-state index contributed by atoms with van der Waals surface area (Å²) in [5, 5.41) is 0.925. The molecule has 1 aromatic heterocycles. The van der Waals surface area contributed by atoms with Crippen LogP contribution in [0.15, 0.2) is 41.0 Å². The average molecular weight is 493 g/mol. The number of piperazine rings is 1. The summed E-state index contributed by atoms with van der Waals surface area (Å²) in [5.74, 6) is 2.22. The topological polar surface area (TPSA) is 64.4 Å².